The van der Waals surface area contributed by atoms with Crippen molar-refractivity contribution in [1.29, 1.82) is 0 Å². The maximum absolute atomic E-state index is 5.73. The number of pyridine rings is 1. The van der Waals surface area contributed by atoms with Crippen LogP contribution in [0.15, 0.2) is 12.3 Å². The van der Waals surface area contributed by atoms with Crippen molar-refractivity contribution in [2.45, 2.75) is 0 Å². The van der Waals surface area contributed by atoms with Crippen LogP contribution in [0.5, 0.6) is 0 Å². The van der Waals surface area contributed by atoms with Crippen LogP contribution < -0.4 is 21.7 Å². The molecule has 5 heteroatoms. The maximum atomic E-state index is 5.73. The van der Waals surface area contributed by atoms with Crippen molar-refractivity contribution < 1.29 is 4.90 Å². The van der Waals surface area contributed by atoms with E-state index in [1.54, 1.807) is 12.3 Å². The van der Waals surface area contributed by atoms with Gasteiger partial charge < -0.3 is 21.7 Å². The molecule has 0 aliphatic rings. The number of hydrogen-bond donors (Lipinski definition) is 4. The van der Waals surface area contributed by atoms with Crippen LogP contribution in [0.3, 0.4) is 0 Å². The van der Waals surface area contributed by atoms with Gasteiger partial charge in [0.05, 0.1) is 44.8 Å². The monoisotopic (exact) mass is 196 g/mol. The number of likely N-dealkylation sites (N-methyl/N-ethyl adjacent to an activating group) is 1. The van der Waals surface area contributed by atoms with E-state index in [4.69, 9.17) is 11.5 Å². The van der Waals surface area contributed by atoms with E-state index in [2.05, 4.69) is 24.4 Å². The van der Waals surface area contributed by atoms with E-state index in [-0.39, 0.29) is 0 Å². The predicted octanol–water partition coefficient (Wildman–Crippen LogP) is -1.20. The average Bonchev–Trinajstić information content (AvgIpc) is 2.08. The highest BCUT2D eigenvalue weighted by atomic mass is 15.1. The normalized spacial score (nSPS) is 10.5. The Balaban J connectivity index is 2.51. The molecule has 5 nitrogen and oxygen atoms in total. The van der Waals surface area contributed by atoms with Crippen LogP contribution in [0.2, 0.25) is 0 Å². The summed E-state index contributed by atoms with van der Waals surface area (Å²) < 4.78 is 0. The minimum absolute atomic E-state index is 0.589. The Bertz CT molecular complexity index is 297. The van der Waals surface area contributed by atoms with Crippen molar-refractivity contribution in [1.82, 2.24) is 4.98 Å². The molecule has 0 aliphatic heterocycles. The van der Waals surface area contributed by atoms with Crippen molar-refractivity contribution >= 4 is 17.2 Å². The number of nitrogens with two attached hydrogens (primary N) is 2. The Kier molecular flexibility index (Phi) is 3.53. The first-order chi connectivity index (χ1) is 6.59. The van der Waals surface area contributed by atoms with E-state index in [1.807, 2.05) is 0 Å². The van der Waals surface area contributed by atoms with Crippen LogP contribution in [0.25, 0.3) is 0 Å². The minimum atomic E-state index is 0.589. The number of anilines is 3. The lowest BCUT2D eigenvalue weighted by Crippen LogP contribution is -3.06. The van der Waals surface area contributed by atoms with E-state index in [0.29, 0.717) is 17.2 Å². The van der Waals surface area contributed by atoms with Crippen LogP contribution in [-0.2, 0) is 0 Å². The largest absolute Gasteiger partial charge is 0.397 e. The molecule has 1 rings (SSSR count). The number of nitrogens with one attached hydrogen (secondary N) is 2. The maximum Gasteiger partial charge on any atom is 0.149 e. The molecule has 0 atom stereocenters. The second kappa shape index (κ2) is 4.66. The summed E-state index contributed by atoms with van der Waals surface area (Å²) in [6, 6.07) is 1.71. The third-order valence-electron chi connectivity index (χ3n) is 1.86. The first-order valence-electron chi connectivity index (χ1n) is 4.63. The number of rotatable bonds is 4. The van der Waals surface area contributed by atoms with Gasteiger partial charge in [-0.1, -0.05) is 0 Å². The van der Waals surface area contributed by atoms with Gasteiger partial charge in [-0.15, -0.1) is 0 Å². The first kappa shape index (κ1) is 10.6. The highest BCUT2D eigenvalue weighted by Gasteiger charge is 2.00. The van der Waals surface area contributed by atoms with Gasteiger partial charge in [0, 0.05) is 0 Å². The summed E-state index contributed by atoms with van der Waals surface area (Å²) in [5.74, 6) is 0.709. The van der Waals surface area contributed by atoms with E-state index < -0.39 is 0 Å². The van der Waals surface area contributed by atoms with Crippen molar-refractivity contribution in [2.24, 2.45) is 0 Å². The summed E-state index contributed by atoms with van der Waals surface area (Å²) in [4.78, 5) is 5.49. The highest BCUT2D eigenvalue weighted by molar-refractivity contribution is 5.65. The van der Waals surface area contributed by atoms with E-state index >= 15 is 0 Å². The Morgan fingerprint density at radius 2 is 2.14 bits per heavy atom. The van der Waals surface area contributed by atoms with Gasteiger partial charge in [-0.3, -0.25) is 0 Å². The van der Waals surface area contributed by atoms with Gasteiger partial charge in [0.1, 0.15) is 5.82 Å². The zero-order valence-electron chi connectivity index (χ0n) is 8.67. The molecule has 0 fully saturated rings. The molecule has 0 aliphatic carbocycles. The quantitative estimate of drug-likeness (QED) is 0.488. The van der Waals surface area contributed by atoms with Crippen LogP contribution in [-0.4, -0.2) is 32.2 Å². The Hall–Kier alpha value is -1.49. The molecule has 1 heterocycles. The van der Waals surface area contributed by atoms with Crippen molar-refractivity contribution in [3.05, 3.63) is 12.3 Å². The van der Waals surface area contributed by atoms with Gasteiger partial charge in [0.15, 0.2) is 0 Å². The van der Waals surface area contributed by atoms with Crippen LogP contribution in [0.4, 0.5) is 17.2 Å². The summed E-state index contributed by atoms with van der Waals surface area (Å²) in [7, 11) is 4.20. The fourth-order valence-corrected chi connectivity index (χ4v) is 1.08. The number of nitrogen functional groups attached to an aromatic ring is 2. The average molecular weight is 196 g/mol. The highest BCUT2D eigenvalue weighted by Crippen LogP contribution is 2.16. The second-order valence-corrected chi connectivity index (χ2v) is 3.59. The molecular formula is C9H18N5+. The van der Waals surface area contributed by atoms with Crippen molar-refractivity contribution in [3.63, 3.8) is 0 Å². The number of nitrogens with zero attached hydrogens (tertiary/aromatic N) is 1. The molecule has 0 aromatic carbocycles. The SMILES string of the molecule is C[NH+](C)CCNc1ncc(N)cc1N. The standard InChI is InChI=1S/C9H17N5/c1-14(2)4-3-12-9-8(11)5-7(10)6-13-9/h5-6H,3-4,10-11H2,1-2H3,(H,12,13)/p+1. The van der Waals surface area contributed by atoms with E-state index in [0.717, 1.165) is 13.1 Å². The minimum Gasteiger partial charge on any atom is -0.397 e. The molecule has 1 aromatic heterocycles. The number of hydrogen-bond acceptors (Lipinski definition) is 4. The zero-order valence-corrected chi connectivity index (χ0v) is 8.67. The Morgan fingerprint density at radius 1 is 1.43 bits per heavy atom. The molecule has 0 radical (unpaired) electrons. The summed E-state index contributed by atoms with van der Waals surface area (Å²) in [5.41, 5.74) is 12.4. The molecule has 0 saturated heterocycles. The fraction of sp³-hybridized carbons (Fsp3) is 0.444. The number of quaternary nitrogens is 1. The van der Waals surface area contributed by atoms with Gasteiger partial charge in [-0.2, -0.15) is 0 Å². The van der Waals surface area contributed by atoms with E-state index in [9.17, 15) is 0 Å². The summed E-state index contributed by atoms with van der Waals surface area (Å²) in [6.45, 7) is 1.87. The molecule has 0 unspecified atom stereocenters. The third kappa shape index (κ3) is 3.10. The van der Waals surface area contributed by atoms with Gasteiger partial charge >= 0.3 is 0 Å². The molecule has 6 N–H and O–H groups in total. The fourth-order valence-electron chi connectivity index (χ4n) is 1.08. The van der Waals surface area contributed by atoms with Crippen LogP contribution in [0.1, 0.15) is 0 Å². The predicted molar refractivity (Wildman–Crippen MR) is 59.2 cm³/mol. The van der Waals surface area contributed by atoms with Gasteiger partial charge in [0.2, 0.25) is 0 Å². The Labute approximate surface area is 84.1 Å². The third-order valence-corrected chi connectivity index (χ3v) is 1.86. The lowest BCUT2D eigenvalue weighted by molar-refractivity contribution is -0.856. The summed E-state index contributed by atoms with van der Waals surface area (Å²) in [5, 5.41) is 3.16. The van der Waals surface area contributed by atoms with Gasteiger partial charge in [-0.25, -0.2) is 4.98 Å². The summed E-state index contributed by atoms with van der Waals surface area (Å²) in [6.07, 6.45) is 1.60. The summed E-state index contributed by atoms with van der Waals surface area (Å²) >= 11 is 0. The zero-order chi connectivity index (χ0) is 10.6. The first-order valence-corrected chi connectivity index (χ1v) is 4.63. The lowest BCUT2D eigenvalue weighted by Gasteiger charge is -2.10. The molecule has 0 saturated carbocycles. The molecule has 0 bridgehead atoms. The molecule has 0 amide bonds. The molecular weight excluding hydrogens is 178 g/mol. The van der Waals surface area contributed by atoms with Crippen LogP contribution >= 0.6 is 0 Å². The molecule has 14 heavy (non-hydrogen) atoms. The topological polar surface area (TPSA) is 81.4 Å². The van der Waals surface area contributed by atoms with Crippen molar-refractivity contribution in [3.8, 4) is 0 Å². The van der Waals surface area contributed by atoms with Crippen LogP contribution in [0, 0.1) is 0 Å². The number of aromatic nitrogens is 1. The van der Waals surface area contributed by atoms with Gasteiger partial charge in [-0.05, 0) is 6.07 Å². The molecule has 1 aromatic rings. The van der Waals surface area contributed by atoms with Gasteiger partial charge in [0.25, 0.3) is 0 Å². The second-order valence-electron chi connectivity index (χ2n) is 3.59. The van der Waals surface area contributed by atoms with E-state index in [1.165, 1.54) is 4.90 Å². The molecule has 0 spiro atoms. The Morgan fingerprint density at radius 3 is 2.71 bits per heavy atom. The van der Waals surface area contributed by atoms with Crippen molar-refractivity contribution in [2.75, 3.05) is 44.0 Å². The molecule has 78 valence electrons. The lowest BCUT2D eigenvalue weighted by atomic mass is 10.3. The smallest absolute Gasteiger partial charge is 0.149 e.